The van der Waals surface area contributed by atoms with Crippen LogP contribution in [0.1, 0.15) is 29.6 Å². The van der Waals surface area contributed by atoms with Crippen LogP contribution in [0.4, 0.5) is 5.69 Å². The molecule has 1 aromatic rings. The Kier molecular flexibility index (Phi) is 6.31. The average molecular weight is 334 g/mol. The average Bonchev–Trinajstić information content (AvgIpc) is 3.06. The lowest BCUT2D eigenvalue weighted by Gasteiger charge is -2.16. The molecule has 2 N–H and O–H groups in total. The van der Waals surface area contributed by atoms with Gasteiger partial charge in [-0.25, -0.2) is 4.79 Å². The number of esters is 1. The van der Waals surface area contributed by atoms with Crippen molar-refractivity contribution in [3.8, 4) is 0 Å². The number of nitrogens with zero attached hydrogens (tertiary/aromatic N) is 1. The van der Waals surface area contributed by atoms with Gasteiger partial charge in [-0.05, 0) is 18.6 Å². The number of amides is 1. The molecule has 0 saturated carbocycles. The highest BCUT2D eigenvalue weighted by Crippen LogP contribution is 2.16. The maximum Gasteiger partial charge on any atom is 0.331 e. The molecule has 0 radical (unpaired) electrons. The van der Waals surface area contributed by atoms with E-state index in [9.17, 15) is 14.4 Å². The highest BCUT2D eigenvalue weighted by Gasteiger charge is 2.27. The number of nitrogens with two attached hydrogens (primary N) is 1. The first-order chi connectivity index (χ1) is 11.5. The summed E-state index contributed by atoms with van der Waals surface area (Å²) in [5.74, 6) is -0.628. The second-order valence-corrected chi connectivity index (χ2v) is 5.69. The summed E-state index contributed by atoms with van der Waals surface area (Å²) in [6, 6.07) is 6.73. The fraction of sp³-hybridized carbons (Fsp3) is 0.471. The summed E-state index contributed by atoms with van der Waals surface area (Å²) in [6.07, 6.45) is 0.799. The molecule has 1 fully saturated rings. The number of nitrogen functional groups attached to an aromatic ring is 1. The second kappa shape index (κ2) is 8.44. The molecule has 2 rings (SSSR count). The number of carbonyl (C=O) groups excluding carboxylic acids is 3. The highest BCUT2D eigenvalue weighted by molar-refractivity contribution is 5.98. The van der Waals surface area contributed by atoms with Crippen molar-refractivity contribution in [1.82, 2.24) is 4.90 Å². The van der Waals surface area contributed by atoms with E-state index < -0.39 is 5.97 Å². The van der Waals surface area contributed by atoms with Gasteiger partial charge in [-0.2, -0.15) is 0 Å². The van der Waals surface area contributed by atoms with Crippen LogP contribution in [0.3, 0.4) is 0 Å². The van der Waals surface area contributed by atoms with Crippen LogP contribution in [-0.2, 0) is 19.1 Å². The van der Waals surface area contributed by atoms with Gasteiger partial charge < -0.3 is 20.1 Å². The lowest BCUT2D eigenvalue weighted by Crippen LogP contribution is -2.31. The Balaban J connectivity index is 1.75. The van der Waals surface area contributed by atoms with E-state index in [1.165, 1.54) is 7.11 Å². The predicted molar refractivity (Wildman–Crippen MR) is 87.4 cm³/mol. The van der Waals surface area contributed by atoms with E-state index in [1.807, 2.05) is 0 Å². The van der Waals surface area contributed by atoms with Crippen molar-refractivity contribution >= 4 is 23.3 Å². The van der Waals surface area contributed by atoms with Crippen LogP contribution in [0.5, 0.6) is 0 Å². The first-order valence-corrected chi connectivity index (χ1v) is 7.84. The molecule has 7 heteroatoms. The van der Waals surface area contributed by atoms with E-state index in [-0.39, 0.29) is 37.2 Å². The van der Waals surface area contributed by atoms with Crippen LogP contribution in [0.25, 0.3) is 0 Å². The van der Waals surface area contributed by atoms with E-state index >= 15 is 0 Å². The number of hydrogen-bond donors (Lipinski definition) is 1. The van der Waals surface area contributed by atoms with Gasteiger partial charge >= 0.3 is 5.97 Å². The smallest absolute Gasteiger partial charge is 0.331 e. The Morgan fingerprint density at radius 3 is 2.79 bits per heavy atom. The molecule has 1 unspecified atom stereocenters. The van der Waals surface area contributed by atoms with Gasteiger partial charge in [0.05, 0.1) is 13.2 Å². The van der Waals surface area contributed by atoms with Crippen LogP contribution >= 0.6 is 0 Å². The number of likely N-dealkylation sites (tertiary alicyclic amines) is 1. The molecule has 130 valence electrons. The van der Waals surface area contributed by atoms with Crippen molar-refractivity contribution in [2.24, 2.45) is 0 Å². The summed E-state index contributed by atoms with van der Waals surface area (Å²) in [5.41, 5.74) is 6.70. The van der Waals surface area contributed by atoms with Crippen molar-refractivity contribution < 1.29 is 23.9 Å². The Morgan fingerprint density at radius 1 is 1.29 bits per heavy atom. The normalized spacial score (nSPS) is 16.9. The minimum absolute atomic E-state index is 0.0866. The van der Waals surface area contributed by atoms with Crippen LogP contribution in [0.15, 0.2) is 24.3 Å². The number of Topliss-reactive ketones (excluding diaryl/α,β-unsaturated/α-hetero) is 1. The standard InChI is InChI=1S/C17H22N2O5/c1-23-17(22)11-24-14-7-8-19(10-14)16(21)6-5-15(20)12-3-2-4-13(18)9-12/h2-4,9,14H,5-8,10-11,18H2,1H3. The summed E-state index contributed by atoms with van der Waals surface area (Å²) in [7, 11) is 1.30. The van der Waals surface area contributed by atoms with Gasteiger partial charge in [-0.3, -0.25) is 9.59 Å². The van der Waals surface area contributed by atoms with Crippen LogP contribution in [0, 0.1) is 0 Å². The van der Waals surface area contributed by atoms with E-state index in [0.29, 0.717) is 30.8 Å². The number of carbonyl (C=O) groups is 3. The van der Waals surface area contributed by atoms with Crippen LogP contribution < -0.4 is 5.73 Å². The number of ether oxygens (including phenoxy) is 2. The maximum absolute atomic E-state index is 12.2. The Hall–Kier alpha value is -2.41. The fourth-order valence-electron chi connectivity index (χ4n) is 2.57. The first-order valence-electron chi connectivity index (χ1n) is 7.84. The molecular formula is C17H22N2O5. The third-order valence-electron chi connectivity index (χ3n) is 3.94. The van der Waals surface area contributed by atoms with Crippen molar-refractivity contribution in [3.63, 3.8) is 0 Å². The summed E-state index contributed by atoms with van der Waals surface area (Å²) in [5, 5.41) is 0. The monoisotopic (exact) mass is 334 g/mol. The van der Waals surface area contributed by atoms with Gasteiger partial charge in [0.25, 0.3) is 0 Å². The molecule has 1 aliphatic heterocycles. The molecule has 1 amide bonds. The molecule has 7 nitrogen and oxygen atoms in total. The zero-order valence-corrected chi connectivity index (χ0v) is 13.7. The molecule has 1 aliphatic rings. The van der Waals surface area contributed by atoms with Gasteiger partial charge in [-0.1, -0.05) is 12.1 Å². The minimum atomic E-state index is -0.437. The third-order valence-corrected chi connectivity index (χ3v) is 3.94. The number of ketones is 1. The maximum atomic E-state index is 12.2. The number of methoxy groups -OCH3 is 1. The molecule has 0 aromatic heterocycles. The summed E-state index contributed by atoms with van der Waals surface area (Å²) in [4.78, 5) is 37.0. The topological polar surface area (TPSA) is 98.9 Å². The van der Waals surface area contributed by atoms with Crippen LogP contribution in [-0.4, -0.2) is 55.5 Å². The van der Waals surface area contributed by atoms with E-state index in [2.05, 4.69) is 4.74 Å². The van der Waals surface area contributed by atoms with E-state index in [4.69, 9.17) is 10.5 Å². The zero-order valence-electron chi connectivity index (χ0n) is 13.7. The molecule has 1 saturated heterocycles. The fourth-order valence-corrected chi connectivity index (χ4v) is 2.57. The zero-order chi connectivity index (χ0) is 17.5. The summed E-state index contributed by atoms with van der Waals surface area (Å²) >= 11 is 0. The molecular weight excluding hydrogens is 312 g/mol. The highest BCUT2D eigenvalue weighted by atomic mass is 16.6. The molecule has 0 aliphatic carbocycles. The van der Waals surface area contributed by atoms with E-state index in [1.54, 1.807) is 29.2 Å². The predicted octanol–water partition coefficient (Wildman–Crippen LogP) is 1.02. The van der Waals surface area contributed by atoms with Crippen molar-refractivity contribution in [2.75, 3.05) is 32.5 Å². The largest absolute Gasteiger partial charge is 0.467 e. The molecule has 0 spiro atoms. The van der Waals surface area contributed by atoms with Crippen molar-refractivity contribution in [1.29, 1.82) is 0 Å². The first kappa shape index (κ1) is 17.9. The molecule has 1 heterocycles. The van der Waals surface area contributed by atoms with Gasteiger partial charge in [-0.15, -0.1) is 0 Å². The lowest BCUT2D eigenvalue weighted by molar-refractivity contribution is -0.147. The Morgan fingerprint density at radius 2 is 2.08 bits per heavy atom. The number of benzene rings is 1. The molecule has 0 bridgehead atoms. The third kappa shape index (κ3) is 5.06. The molecule has 24 heavy (non-hydrogen) atoms. The number of rotatable bonds is 7. The minimum Gasteiger partial charge on any atom is -0.467 e. The molecule has 1 aromatic carbocycles. The Bertz CT molecular complexity index is 617. The summed E-state index contributed by atoms with van der Waals surface area (Å²) in [6.45, 7) is 0.885. The number of anilines is 1. The van der Waals surface area contributed by atoms with Crippen molar-refractivity contribution in [3.05, 3.63) is 29.8 Å². The van der Waals surface area contributed by atoms with Gasteiger partial charge in [0.1, 0.15) is 6.61 Å². The van der Waals surface area contributed by atoms with Crippen molar-refractivity contribution in [2.45, 2.75) is 25.4 Å². The SMILES string of the molecule is COC(=O)COC1CCN(C(=O)CCC(=O)c2cccc(N)c2)C1. The van der Waals surface area contributed by atoms with Gasteiger partial charge in [0.15, 0.2) is 5.78 Å². The quantitative estimate of drug-likeness (QED) is 0.454. The van der Waals surface area contributed by atoms with Gasteiger partial charge in [0, 0.05) is 37.2 Å². The number of hydrogen-bond acceptors (Lipinski definition) is 6. The van der Waals surface area contributed by atoms with Crippen LogP contribution in [0.2, 0.25) is 0 Å². The second-order valence-electron chi connectivity index (χ2n) is 5.69. The Labute approximate surface area is 140 Å². The van der Waals surface area contributed by atoms with Gasteiger partial charge in [0.2, 0.25) is 5.91 Å². The summed E-state index contributed by atoms with van der Waals surface area (Å²) < 4.78 is 9.90. The van der Waals surface area contributed by atoms with E-state index in [0.717, 1.165) is 0 Å². The molecule has 1 atom stereocenters. The lowest BCUT2D eigenvalue weighted by atomic mass is 10.1.